The molecule has 1 heterocycles. The molecule has 102 valence electrons. The van der Waals surface area contributed by atoms with E-state index in [0.29, 0.717) is 11.3 Å². The van der Waals surface area contributed by atoms with Gasteiger partial charge in [0.1, 0.15) is 11.5 Å². The van der Waals surface area contributed by atoms with Crippen LogP contribution in [0.25, 0.3) is 0 Å². The van der Waals surface area contributed by atoms with Crippen molar-refractivity contribution in [3.05, 3.63) is 23.7 Å². The van der Waals surface area contributed by atoms with Gasteiger partial charge in [-0.25, -0.2) is 0 Å². The van der Waals surface area contributed by atoms with E-state index in [-0.39, 0.29) is 0 Å². The summed E-state index contributed by atoms with van der Waals surface area (Å²) in [6.07, 6.45) is 4.54. The first kappa shape index (κ1) is 13.8. The third-order valence-electron chi connectivity index (χ3n) is 3.64. The lowest BCUT2D eigenvalue weighted by Gasteiger charge is -2.28. The van der Waals surface area contributed by atoms with Gasteiger partial charge in [0.25, 0.3) is 0 Å². The van der Waals surface area contributed by atoms with Crippen LogP contribution >= 0.6 is 0 Å². The minimum absolute atomic E-state index is 0.389. The first-order chi connectivity index (χ1) is 8.69. The molecule has 2 rings (SSSR count). The van der Waals surface area contributed by atoms with Crippen LogP contribution < -0.4 is 5.32 Å². The van der Waals surface area contributed by atoms with Gasteiger partial charge in [-0.3, -0.25) is 4.21 Å². The summed E-state index contributed by atoms with van der Waals surface area (Å²) in [6, 6.07) is 4.50. The van der Waals surface area contributed by atoms with Crippen molar-refractivity contribution >= 4 is 10.8 Å². The lowest BCUT2D eigenvalue weighted by Crippen LogP contribution is -2.37. The molecule has 0 aromatic carbocycles. The minimum atomic E-state index is -0.642. The Morgan fingerprint density at radius 3 is 2.94 bits per heavy atom. The number of rotatable bonds is 5. The van der Waals surface area contributed by atoms with Crippen LogP contribution in [0.3, 0.4) is 0 Å². The van der Waals surface area contributed by atoms with Crippen molar-refractivity contribution in [1.29, 1.82) is 0 Å². The lowest BCUT2D eigenvalue weighted by molar-refractivity contribution is 0.357. The van der Waals surface area contributed by atoms with E-state index in [1.165, 1.54) is 12.8 Å². The molecule has 1 aliphatic carbocycles. The molecule has 3 nitrogen and oxygen atoms in total. The lowest BCUT2D eigenvalue weighted by atomic mass is 9.95. The molecule has 0 amide bonds. The van der Waals surface area contributed by atoms with Gasteiger partial charge in [0, 0.05) is 27.8 Å². The molecule has 3 atom stereocenters. The summed E-state index contributed by atoms with van der Waals surface area (Å²) < 4.78 is 17.4. The van der Waals surface area contributed by atoms with Gasteiger partial charge in [-0.2, -0.15) is 0 Å². The van der Waals surface area contributed by atoms with Gasteiger partial charge in [0.05, 0.1) is 6.54 Å². The van der Waals surface area contributed by atoms with E-state index in [9.17, 15) is 4.21 Å². The maximum absolute atomic E-state index is 11.9. The zero-order valence-electron chi connectivity index (χ0n) is 11.3. The number of furan rings is 1. The second-order valence-electron chi connectivity index (χ2n) is 5.05. The van der Waals surface area contributed by atoms with Crippen LogP contribution in [0, 0.1) is 6.92 Å². The molecule has 1 fully saturated rings. The van der Waals surface area contributed by atoms with E-state index in [0.717, 1.165) is 36.7 Å². The molecule has 1 aromatic heterocycles. The van der Waals surface area contributed by atoms with Gasteiger partial charge in [-0.05, 0) is 38.3 Å². The third-order valence-corrected chi connectivity index (χ3v) is 5.38. The average Bonchev–Trinajstić information content (AvgIpc) is 2.81. The highest BCUT2D eigenvalue weighted by Crippen LogP contribution is 2.23. The number of aryl methyl sites for hydroxylation is 1. The van der Waals surface area contributed by atoms with Gasteiger partial charge in [0.15, 0.2) is 0 Å². The molecule has 18 heavy (non-hydrogen) atoms. The SMILES string of the molecule is CC[S@](=O)[C@@H]1CCC[C@@H](NCc2ccc(C)o2)C1. The van der Waals surface area contributed by atoms with Crippen molar-refractivity contribution in [3.8, 4) is 0 Å². The Balaban J connectivity index is 1.80. The molecule has 0 aliphatic heterocycles. The van der Waals surface area contributed by atoms with E-state index in [4.69, 9.17) is 4.42 Å². The summed E-state index contributed by atoms with van der Waals surface area (Å²) >= 11 is 0. The van der Waals surface area contributed by atoms with E-state index >= 15 is 0 Å². The molecule has 4 heteroatoms. The fraction of sp³-hybridized carbons (Fsp3) is 0.714. The maximum Gasteiger partial charge on any atom is 0.117 e. The molecule has 0 radical (unpaired) electrons. The second-order valence-corrected chi connectivity index (χ2v) is 7.05. The minimum Gasteiger partial charge on any atom is -0.465 e. The summed E-state index contributed by atoms with van der Waals surface area (Å²) in [5.41, 5.74) is 0. The van der Waals surface area contributed by atoms with Gasteiger partial charge in [0.2, 0.25) is 0 Å². The molecule has 1 aliphatic rings. The quantitative estimate of drug-likeness (QED) is 0.893. The van der Waals surface area contributed by atoms with Crippen LogP contribution in [0.1, 0.15) is 44.1 Å². The summed E-state index contributed by atoms with van der Waals surface area (Å²) in [4.78, 5) is 0. The van der Waals surface area contributed by atoms with Crippen LogP contribution in [0.2, 0.25) is 0 Å². The van der Waals surface area contributed by atoms with Crippen molar-refractivity contribution in [1.82, 2.24) is 5.32 Å². The molecular weight excluding hydrogens is 246 g/mol. The van der Waals surface area contributed by atoms with Gasteiger partial charge in [-0.1, -0.05) is 13.3 Å². The van der Waals surface area contributed by atoms with E-state index < -0.39 is 10.8 Å². The Morgan fingerprint density at radius 1 is 1.44 bits per heavy atom. The standard InChI is InChI=1S/C14H23NO2S/c1-3-18(16)14-6-4-5-12(9-14)15-10-13-8-7-11(2)17-13/h7-8,12,14-15H,3-6,9-10H2,1-2H3/t12-,14-,18+/m1/s1. The molecule has 0 bridgehead atoms. The highest BCUT2D eigenvalue weighted by Gasteiger charge is 2.25. The predicted molar refractivity (Wildman–Crippen MR) is 75.0 cm³/mol. The Hall–Kier alpha value is -0.610. The first-order valence-electron chi connectivity index (χ1n) is 6.85. The largest absolute Gasteiger partial charge is 0.465 e. The van der Waals surface area contributed by atoms with Gasteiger partial charge >= 0.3 is 0 Å². The van der Waals surface area contributed by atoms with Gasteiger partial charge in [-0.15, -0.1) is 0 Å². The zero-order chi connectivity index (χ0) is 13.0. The van der Waals surface area contributed by atoms with E-state index in [1.807, 2.05) is 26.0 Å². The number of nitrogens with one attached hydrogen (secondary N) is 1. The van der Waals surface area contributed by atoms with Crippen molar-refractivity contribution in [3.63, 3.8) is 0 Å². The van der Waals surface area contributed by atoms with E-state index in [2.05, 4.69) is 5.32 Å². The summed E-state index contributed by atoms with van der Waals surface area (Å²) in [5, 5.41) is 3.92. The topological polar surface area (TPSA) is 42.2 Å². The van der Waals surface area contributed by atoms with Crippen molar-refractivity contribution in [2.75, 3.05) is 5.75 Å². The number of hydrogen-bond acceptors (Lipinski definition) is 3. The zero-order valence-corrected chi connectivity index (χ0v) is 12.1. The first-order valence-corrected chi connectivity index (χ1v) is 8.23. The third kappa shape index (κ3) is 3.69. The summed E-state index contributed by atoms with van der Waals surface area (Å²) in [6.45, 7) is 4.76. The molecule has 0 unspecified atom stereocenters. The Bertz CT molecular complexity index is 402. The van der Waals surface area contributed by atoms with Crippen molar-refractivity contribution in [2.45, 2.75) is 57.4 Å². The monoisotopic (exact) mass is 269 g/mol. The van der Waals surface area contributed by atoms with Crippen LogP contribution in [0.4, 0.5) is 0 Å². The Labute approximate surface area is 112 Å². The molecule has 1 saturated carbocycles. The Morgan fingerprint density at radius 2 is 2.28 bits per heavy atom. The maximum atomic E-state index is 11.9. The highest BCUT2D eigenvalue weighted by atomic mass is 32.2. The fourth-order valence-electron chi connectivity index (χ4n) is 2.63. The Kier molecular flexibility index (Phi) is 5.01. The molecule has 0 spiro atoms. The molecule has 1 aromatic rings. The normalized spacial score (nSPS) is 26.1. The van der Waals surface area contributed by atoms with Crippen LogP contribution in [-0.2, 0) is 17.3 Å². The highest BCUT2D eigenvalue weighted by molar-refractivity contribution is 7.85. The molecular formula is C14H23NO2S. The van der Waals surface area contributed by atoms with Gasteiger partial charge < -0.3 is 9.73 Å². The summed E-state index contributed by atoms with van der Waals surface area (Å²) in [7, 11) is -0.642. The van der Waals surface area contributed by atoms with Crippen molar-refractivity contribution < 1.29 is 8.63 Å². The van der Waals surface area contributed by atoms with Crippen LogP contribution in [0.5, 0.6) is 0 Å². The average molecular weight is 269 g/mol. The van der Waals surface area contributed by atoms with E-state index in [1.54, 1.807) is 0 Å². The second kappa shape index (κ2) is 6.53. The van der Waals surface area contributed by atoms with Crippen molar-refractivity contribution in [2.24, 2.45) is 0 Å². The van der Waals surface area contributed by atoms with Crippen LogP contribution in [-0.4, -0.2) is 21.3 Å². The fourth-order valence-corrected chi connectivity index (χ4v) is 3.98. The molecule has 0 saturated heterocycles. The summed E-state index contributed by atoms with van der Waals surface area (Å²) in [5.74, 6) is 2.74. The predicted octanol–water partition coefficient (Wildman–Crippen LogP) is 2.76. The van der Waals surface area contributed by atoms with Crippen LogP contribution in [0.15, 0.2) is 16.5 Å². The number of hydrogen-bond donors (Lipinski definition) is 1. The smallest absolute Gasteiger partial charge is 0.117 e. The molecule has 1 N–H and O–H groups in total.